The van der Waals surface area contributed by atoms with Gasteiger partial charge in [-0.05, 0) is 54.8 Å². The standard InChI is InChI=1S/C25H29FN4O2/c1-20(31)29-14-16-30(17-15-29)23-7-10-24(11-8-23)32-25(18-28-13-12-27-19-28)9-4-21-2-5-22(26)6-3-21/h2-3,5-8,10-13,19,25H,4,9,14-18H2,1H3. The molecule has 0 radical (unpaired) electrons. The van der Waals surface area contributed by atoms with Crippen LogP contribution in [0.2, 0.25) is 0 Å². The molecule has 1 aromatic heterocycles. The fourth-order valence-corrected chi connectivity index (χ4v) is 4.00. The number of hydrogen-bond donors (Lipinski definition) is 0. The molecule has 1 fully saturated rings. The Hall–Kier alpha value is -3.35. The zero-order valence-corrected chi connectivity index (χ0v) is 18.4. The van der Waals surface area contributed by atoms with Gasteiger partial charge in [-0.2, -0.15) is 0 Å². The largest absolute Gasteiger partial charge is 0.489 e. The number of benzene rings is 2. The van der Waals surface area contributed by atoms with Gasteiger partial charge in [-0.25, -0.2) is 9.37 Å². The first-order valence-corrected chi connectivity index (χ1v) is 11.0. The SMILES string of the molecule is CC(=O)N1CCN(c2ccc(OC(CCc3ccc(F)cc3)Cn3ccnc3)cc2)CC1. The van der Waals surface area contributed by atoms with E-state index >= 15 is 0 Å². The number of aryl methyl sites for hydroxylation is 1. The Kier molecular flexibility index (Phi) is 7.04. The Morgan fingerprint density at radius 3 is 2.41 bits per heavy atom. The maximum atomic E-state index is 13.2. The van der Waals surface area contributed by atoms with Crippen molar-refractivity contribution in [1.82, 2.24) is 14.5 Å². The molecule has 0 N–H and O–H groups in total. The van der Waals surface area contributed by atoms with Crippen molar-refractivity contribution in [3.63, 3.8) is 0 Å². The molecule has 0 aliphatic carbocycles. The molecule has 0 saturated carbocycles. The van der Waals surface area contributed by atoms with E-state index in [9.17, 15) is 9.18 Å². The highest BCUT2D eigenvalue weighted by Crippen LogP contribution is 2.23. The minimum atomic E-state index is -0.220. The lowest BCUT2D eigenvalue weighted by molar-refractivity contribution is -0.129. The second kappa shape index (κ2) is 10.3. The summed E-state index contributed by atoms with van der Waals surface area (Å²) in [6, 6.07) is 14.8. The summed E-state index contributed by atoms with van der Waals surface area (Å²) in [5, 5.41) is 0. The van der Waals surface area contributed by atoms with E-state index in [4.69, 9.17) is 4.74 Å². The van der Waals surface area contributed by atoms with Gasteiger partial charge in [0, 0.05) is 51.2 Å². The number of carbonyl (C=O) groups excluding carboxylic acids is 1. The topological polar surface area (TPSA) is 50.6 Å². The number of anilines is 1. The monoisotopic (exact) mass is 436 g/mol. The fourth-order valence-electron chi connectivity index (χ4n) is 4.00. The molecular formula is C25H29FN4O2. The average molecular weight is 437 g/mol. The van der Waals surface area contributed by atoms with Crippen molar-refractivity contribution in [3.8, 4) is 5.75 Å². The van der Waals surface area contributed by atoms with Gasteiger partial charge in [0.05, 0.1) is 12.9 Å². The number of amides is 1. The van der Waals surface area contributed by atoms with Gasteiger partial charge in [0.1, 0.15) is 17.7 Å². The Labute approximate surface area is 188 Å². The van der Waals surface area contributed by atoms with E-state index in [1.165, 1.54) is 12.1 Å². The molecule has 1 amide bonds. The van der Waals surface area contributed by atoms with Crippen LogP contribution in [0.1, 0.15) is 18.9 Å². The number of piperazine rings is 1. The highest BCUT2D eigenvalue weighted by atomic mass is 19.1. The molecule has 1 saturated heterocycles. The highest BCUT2D eigenvalue weighted by molar-refractivity contribution is 5.73. The van der Waals surface area contributed by atoms with E-state index in [1.54, 1.807) is 19.4 Å². The Morgan fingerprint density at radius 1 is 1.06 bits per heavy atom. The van der Waals surface area contributed by atoms with E-state index in [0.29, 0.717) is 6.54 Å². The summed E-state index contributed by atoms with van der Waals surface area (Å²) < 4.78 is 21.5. The number of hydrogen-bond acceptors (Lipinski definition) is 4. The third kappa shape index (κ3) is 5.87. The van der Waals surface area contributed by atoms with Crippen molar-refractivity contribution in [2.45, 2.75) is 32.4 Å². The minimum Gasteiger partial charge on any atom is -0.489 e. The number of nitrogens with zero attached hydrogens (tertiary/aromatic N) is 4. The lowest BCUT2D eigenvalue weighted by Gasteiger charge is -2.35. The summed E-state index contributed by atoms with van der Waals surface area (Å²) in [7, 11) is 0. The van der Waals surface area contributed by atoms with E-state index in [-0.39, 0.29) is 17.8 Å². The Balaban J connectivity index is 1.37. The zero-order valence-electron chi connectivity index (χ0n) is 18.4. The average Bonchev–Trinajstić information content (AvgIpc) is 3.32. The summed E-state index contributed by atoms with van der Waals surface area (Å²) in [6.45, 7) is 5.49. The third-order valence-electron chi connectivity index (χ3n) is 5.87. The van der Waals surface area contributed by atoms with E-state index in [1.807, 2.05) is 39.9 Å². The maximum Gasteiger partial charge on any atom is 0.219 e. The lowest BCUT2D eigenvalue weighted by Crippen LogP contribution is -2.48. The van der Waals surface area contributed by atoms with Crippen LogP contribution in [0.3, 0.4) is 0 Å². The van der Waals surface area contributed by atoms with Gasteiger partial charge < -0.3 is 19.1 Å². The summed E-state index contributed by atoms with van der Waals surface area (Å²) in [5.74, 6) is 0.737. The van der Waals surface area contributed by atoms with Gasteiger partial charge >= 0.3 is 0 Å². The number of rotatable bonds is 8. The highest BCUT2D eigenvalue weighted by Gasteiger charge is 2.19. The second-order valence-corrected chi connectivity index (χ2v) is 8.15. The normalized spacial score (nSPS) is 14.9. The van der Waals surface area contributed by atoms with Crippen LogP contribution >= 0.6 is 0 Å². The predicted octanol–water partition coefficient (Wildman–Crippen LogP) is 3.77. The molecule has 1 aliphatic heterocycles. The van der Waals surface area contributed by atoms with E-state index in [2.05, 4.69) is 22.0 Å². The quantitative estimate of drug-likeness (QED) is 0.539. The minimum absolute atomic E-state index is 0.0424. The molecule has 2 aromatic carbocycles. The summed E-state index contributed by atoms with van der Waals surface area (Å²) >= 11 is 0. The van der Waals surface area contributed by atoms with Crippen LogP contribution < -0.4 is 9.64 Å². The molecule has 4 rings (SSSR count). The van der Waals surface area contributed by atoms with Gasteiger partial charge in [-0.3, -0.25) is 4.79 Å². The molecule has 32 heavy (non-hydrogen) atoms. The van der Waals surface area contributed by atoms with Crippen molar-refractivity contribution in [2.75, 3.05) is 31.1 Å². The summed E-state index contributed by atoms with van der Waals surface area (Å²) in [4.78, 5) is 19.8. The van der Waals surface area contributed by atoms with Crippen LogP contribution in [0.25, 0.3) is 0 Å². The number of halogens is 1. The summed E-state index contributed by atoms with van der Waals surface area (Å²) in [5.41, 5.74) is 2.23. The first-order chi connectivity index (χ1) is 15.6. The Morgan fingerprint density at radius 2 is 1.78 bits per heavy atom. The molecule has 0 bridgehead atoms. The van der Waals surface area contributed by atoms with E-state index in [0.717, 1.165) is 56.0 Å². The zero-order chi connectivity index (χ0) is 22.3. The van der Waals surface area contributed by atoms with Crippen LogP contribution in [0, 0.1) is 5.82 Å². The van der Waals surface area contributed by atoms with Gasteiger partial charge in [-0.1, -0.05) is 12.1 Å². The van der Waals surface area contributed by atoms with Crippen molar-refractivity contribution >= 4 is 11.6 Å². The molecule has 1 atom stereocenters. The summed E-state index contributed by atoms with van der Waals surface area (Å²) in [6.07, 6.45) is 7.05. The molecule has 0 spiro atoms. The number of aromatic nitrogens is 2. The maximum absolute atomic E-state index is 13.2. The van der Waals surface area contributed by atoms with Crippen molar-refractivity contribution in [2.24, 2.45) is 0 Å². The molecular weight excluding hydrogens is 407 g/mol. The first-order valence-electron chi connectivity index (χ1n) is 11.0. The van der Waals surface area contributed by atoms with Crippen LogP contribution in [-0.2, 0) is 17.8 Å². The smallest absolute Gasteiger partial charge is 0.219 e. The molecule has 6 nitrogen and oxygen atoms in total. The molecule has 1 unspecified atom stereocenters. The number of ether oxygens (including phenoxy) is 1. The predicted molar refractivity (Wildman–Crippen MR) is 122 cm³/mol. The van der Waals surface area contributed by atoms with Crippen molar-refractivity contribution in [1.29, 1.82) is 0 Å². The Bertz CT molecular complexity index is 982. The van der Waals surface area contributed by atoms with Crippen LogP contribution in [-0.4, -0.2) is 52.6 Å². The van der Waals surface area contributed by atoms with Crippen molar-refractivity contribution in [3.05, 3.63) is 78.6 Å². The van der Waals surface area contributed by atoms with Crippen LogP contribution in [0.4, 0.5) is 10.1 Å². The van der Waals surface area contributed by atoms with E-state index < -0.39 is 0 Å². The third-order valence-corrected chi connectivity index (χ3v) is 5.87. The van der Waals surface area contributed by atoms with Gasteiger partial charge in [0.25, 0.3) is 0 Å². The first kappa shape index (κ1) is 21.9. The molecule has 7 heteroatoms. The van der Waals surface area contributed by atoms with Gasteiger partial charge in [-0.15, -0.1) is 0 Å². The van der Waals surface area contributed by atoms with Crippen LogP contribution in [0.15, 0.2) is 67.3 Å². The second-order valence-electron chi connectivity index (χ2n) is 8.15. The molecule has 1 aliphatic rings. The fraction of sp³-hybridized carbons (Fsp3) is 0.360. The molecule has 2 heterocycles. The van der Waals surface area contributed by atoms with Crippen molar-refractivity contribution < 1.29 is 13.9 Å². The van der Waals surface area contributed by atoms with Gasteiger partial charge in [0.2, 0.25) is 5.91 Å². The van der Waals surface area contributed by atoms with Crippen LogP contribution in [0.5, 0.6) is 5.75 Å². The molecule has 168 valence electrons. The molecule has 3 aromatic rings. The number of imidazole rings is 1. The number of carbonyl (C=O) groups is 1. The van der Waals surface area contributed by atoms with Gasteiger partial charge in [0.15, 0.2) is 0 Å². The lowest BCUT2D eigenvalue weighted by atomic mass is 10.1.